The number of hydrogen-bond donors (Lipinski definition) is 0. The Morgan fingerprint density at radius 1 is 1.50 bits per heavy atom. The fourth-order valence-corrected chi connectivity index (χ4v) is 1.61. The van der Waals surface area contributed by atoms with Gasteiger partial charge in [-0.2, -0.15) is 0 Å². The Morgan fingerprint density at radius 3 is 2.94 bits per heavy atom. The minimum Gasteiger partial charge on any atom is -0.458 e. The number of ketones is 1. The number of furan rings is 1. The van der Waals surface area contributed by atoms with Crippen LogP contribution in [0.1, 0.15) is 29.1 Å². The molecule has 2 aromatic rings. The van der Waals surface area contributed by atoms with Crippen molar-refractivity contribution in [3.05, 3.63) is 41.9 Å². The number of aryl methyl sites for hydroxylation is 2. The highest BCUT2D eigenvalue weighted by Crippen LogP contribution is 2.10. The topological polar surface area (TPSA) is 48.0 Å². The second kappa shape index (κ2) is 4.35. The Labute approximate surface area is 93.9 Å². The summed E-state index contributed by atoms with van der Waals surface area (Å²) in [6.07, 6.45) is 3.86. The molecule has 0 N–H and O–H groups in total. The van der Waals surface area contributed by atoms with Gasteiger partial charge in [-0.25, -0.2) is 4.98 Å². The molecule has 0 radical (unpaired) electrons. The van der Waals surface area contributed by atoms with Crippen LogP contribution in [0.4, 0.5) is 0 Å². The number of hydrogen-bond acceptors (Lipinski definition) is 3. The van der Waals surface area contributed by atoms with Crippen LogP contribution >= 0.6 is 0 Å². The van der Waals surface area contributed by atoms with E-state index in [-0.39, 0.29) is 12.2 Å². The van der Waals surface area contributed by atoms with Crippen molar-refractivity contribution < 1.29 is 9.21 Å². The van der Waals surface area contributed by atoms with Gasteiger partial charge in [0.2, 0.25) is 5.78 Å². The molecule has 16 heavy (non-hydrogen) atoms. The first kappa shape index (κ1) is 10.7. The third kappa shape index (κ3) is 2.05. The molecule has 0 bridgehead atoms. The Bertz CT molecular complexity index is 497. The van der Waals surface area contributed by atoms with Crippen molar-refractivity contribution in [1.29, 1.82) is 0 Å². The molecule has 84 valence electrons. The maximum atomic E-state index is 11.8. The van der Waals surface area contributed by atoms with E-state index < -0.39 is 0 Å². The minimum absolute atomic E-state index is 0.0333. The van der Waals surface area contributed by atoms with E-state index in [1.165, 1.54) is 0 Å². The standard InChI is InChI=1S/C12H14N2O2/c1-3-14-7-6-13-12(14)8-10(15)11-5-4-9(2)16-11/h4-7H,3,8H2,1-2H3. The number of rotatable bonds is 4. The van der Waals surface area contributed by atoms with Gasteiger partial charge < -0.3 is 8.98 Å². The van der Waals surface area contributed by atoms with Crippen LogP contribution in [-0.2, 0) is 13.0 Å². The van der Waals surface area contributed by atoms with E-state index >= 15 is 0 Å². The van der Waals surface area contributed by atoms with Gasteiger partial charge in [0.15, 0.2) is 5.76 Å². The number of carbonyl (C=O) groups is 1. The molecule has 0 aliphatic rings. The van der Waals surface area contributed by atoms with E-state index in [1.807, 2.05) is 24.6 Å². The Morgan fingerprint density at radius 2 is 2.31 bits per heavy atom. The van der Waals surface area contributed by atoms with Crippen LogP contribution in [0.2, 0.25) is 0 Å². The molecule has 0 spiro atoms. The number of nitrogens with zero attached hydrogens (tertiary/aromatic N) is 2. The SMILES string of the molecule is CCn1ccnc1CC(=O)c1ccc(C)o1. The van der Waals surface area contributed by atoms with Crippen molar-refractivity contribution in [2.75, 3.05) is 0 Å². The van der Waals surface area contributed by atoms with Crippen LogP contribution < -0.4 is 0 Å². The quantitative estimate of drug-likeness (QED) is 0.739. The third-order valence-corrected chi connectivity index (χ3v) is 2.48. The summed E-state index contributed by atoms with van der Waals surface area (Å²) < 4.78 is 7.23. The number of Topliss-reactive ketones (excluding diaryl/α,β-unsaturated/α-hetero) is 1. The zero-order chi connectivity index (χ0) is 11.5. The molecule has 0 aliphatic heterocycles. The van der Waals surface area contributed by atoms with Crippen molar-refractivity contribution in [3.8, 4) is 0 Å². The number of carbonyl (C=O) groups excluding carboxylic acids is 1. The lowest BCUT2D eigenvalue weighted by molar-refractivity contribution is 0.0962. The summed E-state index contributed by atoms with van der Waals surface area (Å²) >= 11 is 0. The molecule has 2 aromatic heterocycles. The first-order valence-corrected chi connectivity index (χ1v) is 5.30. The molecular weight excluding hydrogens is 204 g/mol. The molecule has 2 rings (SSSR count). The van der Waals surface area contributed by atoms with Gasteiger partial charge in [0, 0.05) is 18.9 Å². The summed E-state index contributed by atoms with van der Waals surface area (Å²) in [5.74, 6) is 1.90. The van der Waals surface area contributed by atoms with E-state index in [4.69, 9.17) is 4.42 Å². The lowest BCUT2D eigenvalue weighted by Crippen LogP contribution is -2.08. The summed E-state index contributed by atoms with van der Waals surface area (Å²) in [6, 6.07) is 3.50. The molecule has 4 heteroatoms. The molecule has 0 atom stereocenters. The molecule has 0 saturated heterocycles. The molecule has 0 saturated carbocycles. The fourth-order valence-electron chi connectivity index (χ4n) is 1.61. The summed E-state index contributed by atoms with van der Waals surface area (Å²) in [5, 5.41) is 0. The molecule has 0 fully saturated rings. The van der Waals surface area contributed by atoms with E-state index in [0.29, 0.717) is 5.76 Å². The van der Waals surface area contributed by atoms with Crippen molar-refractivity contribution in [2.24, 2.45) is 0 Å². The first-order valence-electron chi connectivity index (χ1n) is 5.30. The third-order valence-electron chi connectivity index (χ3n) is 2.48. The van der Waals surface area contributed by atoms with Gasteiger partial charge in [-0.05, 0) is 26.0 Å². The van der Waals surface area contributed by atoms with Gasteiger partial charge in [0.05, 0.1) is 6.42 Å². The van der Waals surface area contributed by atoms with Gasteiger partial charge in [0.1, 0.15) is 11.6 Å². The van der Waals surface area contributed by atoms with Gasteiger partial charge in [-0.15, -0.1) is 0 Å². The van der Waals surface area contributed by atoms with E-state index in [2.05, 4.69) is 4.98 Å². The van der Waals surface area contributed by atoms with Crippen molar-refractivity contribution in [1.82, 2.24) is 9.55 Å². The predicted molar refractivity (Wildman–Crippen MR) is 59.4 cm³/mol. The van der Waals surface area contributed by atoms with E-state index in [9.17, 15) is 4.79 Å². The highest BCUT2D eigenvalue weighted by molar-refractivity contribution is 5.94. The van der Waals surface area contributed by atoms with Gasteiger partial charge >= 0.3 is 0 Å². The van der Waals surface area contributed by atoms with E-state index in [0.717, 1.165) is 18.1 Å². The van der Waals surface area contributed by atoms with Crippen LogP contribution in [0.5, 0.6) is 0 Å². The summed E-state index contributed by atoms with van der Waals surface area (Å²) in [7, 11) is 0. The lowest BCUT2D eigenvalue weighted by atomic mass is 10.2. The average molecular weight is 218 g/mol. The maximum Gasteiger partial charge on any atom is 0.205 e. The summed E-state index contributed by atoms with van der Waals surface area (Å²) in [5.41, 5.74) is 0. The lowest BCUT2D eigenvalue weighted by Gasteiger charge is -2.02. The molecule has 0 amide bonds. The van der Waals surface area contributed by atoms with Gasteiger partial charge in [-0.3, -0.25) is 4.79 Å². The van der Waals surface area contributed by atoms with Gasteiger partial charge in [-0.1, -0.05) is 0 Å². The maximum absolute atomic E-state index is 11.8. The zero-order valence-corrected chi connectivity index (χ0v) is 9.43. The van der Waals surface area contributed by atoms with Crippen molar-refractivity contribution in [3.63, 3.8) is 0 Å². The Kier molecular flexibility index (Phi) is 2.90. The molecule has 2 heterocycles. The van der Waals surface area contributed by atoms with Crippen LogP contribution in [0.25, 0.3) is 0 Å². The zero-order valence-electron chi connectivity index (χ0n) is 9.43. The normalized spacial score (nSPS) is 10.6. The molecule has 0 aromatic carbocycles. The predicted octanol–water partition coefficient (Wildman–Crippen LogP) is 2.23. The monoisotopic (exact) mass is 218 g/mol. The Balaban J connectivity index is 2.13. The fraction of sp³-hybridized carbons (Fsp3) is 0.333. The smallest absolute Gasteiger partial charge is 0.205 e. The summed E-state index contributed by atoms with van der Waals surface area (Å²) in [4.78, 5) is 16.0. The van der Waals surface area contributed by atoms with E-state index in [1.54, 1.807) is 18.3 Å². The minimum atomic E-state index is -0.0333. The Hall–Kier alpha value is -1.84. The summed E-state index contributed by atoms with van der Waals surface area (Å²) in [6.45, 7) is 4.66. The average Bonchev–Trinajstić information content (AvgIpc) is 2.86. The van der Waals surface area contributed by atoms with Crippen LogP contribution in [0, 0.1) is 6.92 Å². The highest BCUT2D eigenvalue weighted by Gasteiger charge is 2.13. The second-order valence-corrected chi connectivity index (χ2v) is 3.64. The van der Waals surface area contributed by atoms with Crippen LogP contribution in [-0.4, -0.2) is 15.3 Å². The number of imidazole rings is 1. The van der Waals surface area contributed by atoms with Gasteiger partial charge in [0.25, 0.3) is 0 Å². The molecule has 0 unspecified atom stereocenters. The highest BCUT2D eigenvalue weighted by atomic mass is 16.3. The first-order chi connectivity index (χ1) is 7.70. The van der Waals surface area contributed by atoms with Crippen molar-refractivity contribution in [2.45, 2.75) is 26.8 Å². The number of aromatic nitrogens is 2. The van der Waals surface area contributed by atoms with Crippen molar-refractivity contribution >= 4 is 5.78 Å². The van der Waals surface area contributed by atoms with Crippen LogP contribution in [0.15, 0.2) is 28.9 Å². The molecular formula is C12H14N2O2. The second-order valence-electron chi connectivity index (χ2n) is 3.64. The molecule has 4 nitrogen and oxygen atoms in total. The molecule has 0 aliphatic carbocycles. The van der Waals surface area contributed by atoms with Crippen LogP contribution in [0.3, 0.4) is 0 Å². The largest absolute Gasteiger partial charge is 0.458 e.